The number of thiophene rings is 1. The average molecular weight is 224 g/mol. The molecule has 14 heavy (non-hydrogen) atoms. The summed E-state index contributed by atoms with van der Waals surface area (Å²) in [6, 6.07) is 14.1. The summed E-state index contributed by atoms with van der Waals surface area (Å²) in [5.41, 5.74) is 1.14. The third-order valence-electron chi connectivity index (χ3n) is 1.87. The van der Waals surface area contributed by atoms with Gasteiger partial charge in [0.15, 0.2) is 0 Å². The van der Waals surface area contributed by atoms with Crippen LogP contribution in [0.3, 0.4) is 0 Å². The van der Waals surface area contributed by atoms with Gasteiger partial charge in [-0.2, -0.15) is 0 Å². The van der Waals surface area contributed by atoms with E-state index in [0.717, 1.165) is 16.6 Å². The van der Waals surface area contributed by atoms with Crippen molar-refractivity contribution in [1.82, 2.24) is 0 Å². The normalized spacial score (nSPS) is 10.1. The van der Waals surface area contributed by atoms with Crippen LogP contribution in [0.2, 0.25) is 4.34 Å². The molecule has 0 unspecified atom stereocenters. The van der Waals surface area contributed by atoms with Gasteiger partial charge in [-0.3, -0.25) is 0 Å². The second-order valence-electron chi connectivity index (χ2n) is 2.93. The number of hydrogen-bond acceptors (Lipinski definition) is 2. The topological polar surface area (TPSA) is 12.0 Å². The maximum Gasteiger partial charge on any atom is 0.0931 e. The molecule has 0 aliphatic carbocycles. The van der Waals surface area contributed by atoms with Gasteiger partial charge in [-0.25, -0.2) is 0 Å². The van der Waals surface area contributed by atoms with E-state index in [4.69, 9.17) is 11.6 Å². The van der Waals surface area contributed by atoms with Crippen molar-refractivity contribution >= 4 is 28.6 Å². The van der Waals surface area contributed by atoms with Crippen LogP contribution in [0, 0.1) is 0 Å². The maximum atomic E-state index is 5.83. The van der Waals surface area contributed by atoms with Gasteiger partial charge in [-0.1, -0.05) is 29.8 Å². The lowest BCUT2D eigenvalue weighted by atomic mass is 10.3. The second-order valence-corrected chi connectivity index (χ2v) is 4.73. The summed E-state index contributed by atoms with van der Waals surface area (Å²) in [4.78, 5) is 1.25. The van der Waals surface area contributed by atoms with Crippen molar-refractivity contribution in [2.45, 2.75) is 6.54 Å². The predicted octanol–water partition coefficient (Wildman–Crippen LogP) is 4.01. The van der Waals surface area contributed by atoms with Crippen LogP contribution in [-0.4, -0.2) is 0 Å². The van der Waals surface area contributed by atoms with Gasteiger partial charge in [-0.15, -0.1) is 11.3 Å². The summed E-state index contributed by atoms with van der Waals surface area (Å²) in [7, 11) is 0. The van der Waals surface area contributed by atoms with Crippen molar-refractivity contribution in [3.8, 4) is 0 Å². The van der Waals surface area contributed by atoms with Crippen molar-refractivity contribution in [2.75, 3.05) is 5.32 Å². The Kier molecular flexibility index (Phi) is 3.07. The molecule has 2 rings (SSSR count). The van der Waals surface area contributed by atoms with Crippen LogP contribution in [0.15, 0.2) is 42.5 Å². The zero-order chi connectivity index (χ0) is 9.80. The minimum atomic E-state index is 0.835. The van der Waals surface area contributed by atoms with E-state index in [2.05, 4.69) is 17.4 Å². The molecule has 0 saturated carbocycles. The van der Waals surface area contributed by atoms with Crippen LogP contribution >= 0.6 is 22.9 Å². The fraction of sp³-hybridized carbons (Fsp3) is 0.0909. The van der Waals surface area contributed by atoms with E-state index in [1.807, 2.05) is 30.3 Å². The van der Waals surface area contributed by atoms with E-state index >= 15 is 0 Å². The highest BCUT2D eigenvalue weighted by Gasteiger charge is 1.96. The monoisotopic (exact) mass is 223 g/mol. The predicted molar refractivity (Wildman–Crippen MR) is 63.1 cm³/mol. The zero-order valence-corrected chi connectivity index (χ0v) is 9.11. The van der Waals surface area contributed by atoms with E-state index in [1.165, 1.54) is 4.88 Å². The third-order valence-corrected chi connectivity index (χ3v) is 3.10. The van der Waals surface area contributed by atoms with Gasteiger partial charge >= 0.3 is 0 Å². The van der Waals surface area contributed by atoms with Crippen molar-refractivity contribution < 1.29 is 0 Å². The molecular formula is C11H10ClNS. The summed E-state index contributed by atoms with van der Waals surface area (Å²) in [6.45, 7) is 0.835. The Morgan fingerprint density at radius 3 is 2.50 bits per heavy atom. The Bertz CT molecular complexity index is 397. The number of hydrogen-bond donors (Lipinski definition) is 1. The van der Waals surface area contributed by atoms with Gasteiger partial charge in [-0.05, 0) is 24.3 Å². The first-order chi connectivity index (χ1) is 6.84. The van der Waals surface area contributed by atoms with Crippen LogP contribution in [0.1, 0.15) is 4.88 Å². The molecule has 1 N–H and O–H groups in total. The van der Waals surface area contributed by atoms with Crippen molar-refractivity contribution in [1.29, 1.82) is 0 Å². The van der Waals surface area contributed by atoms with Gasteiger partial charge in [0.1, 0.15) is 0 Å². The molecule has 1 nitrogen and oxygen atoms in total. The molecule has 72 valence electrons. The molecule has 0 fully saturated rings. The molecule has 0 saturated heterocycles. The van der Waals surface area contributed by atoms with E-state index < -0.39 is 0 Å². The number of benzene rings is 1. The van der Waals surface area contributed by atoms with Gasteiger partial charge in [0.2, 0.25) is 0 Å². The molecular weight excluding hydrogens is 214 g/mol. The van der Waals surface area contributed by atoms with Crippen LogP contribution < -0.4 is 5.32 Å². The van der Waals surface area contributed by atoms with E-state index in [9.17, 15) is 0 Å². The van der Waals surface area contributed by atoms with E-state index in [1.54, 1.807) is 11.3 Å². The molecule has 1 heterocycles. The van der Waals surface area contributed by atoms with Crippen molar-refractivity contribution in [2.24, 2.45) is 0 Å². The first-order valence-electron chi connectivity index (χ1n) is 4.38. The summed E-state index contributed by atoms with van der Waals surface area (Å²) in [6.07, 6.45) is 0. The molecule has 3 heteroatoms. The summed E-state index contributed by atoms with van der Waals surface area (Å²) < 4.78 is 0.842. The lowest BCUT2D eigenvalue weighted by Crippen LogP contribution is -1.96. The number of halogens is 1. The molecule has 0 aliphatic heterocycles. The molecule has 0 spiro atoms. The highest BCUT2D eigenvalue weighted by Crippen LogP contribution is 2.22. The molecule has 0 aliphatic rings. The highest BCUT2D eigenvalue weighted by molar-refractivity contribution is 7.16. The Balaban J connectivity index is 1.95. The van der Waals surface area contributed by atoms with Gasteiger partial charge in [0.05, 0.1) is 4.34 Å². The van der Waals surface area contributed by atoms with Crippen LogP contribution in [0.4, 0.5) is 5.69 Å². The Labute approximate surface area is 92.3 Å². The van der Waals surface area contributed by atoms with Gasteiger partial charge < -0.3 is 5.32 Å². The second kappa shape index (κ2) is 4.49. The molecule has 1 aromatic heterocycles. The van der Waals surface area contributed by atoms with Crippen molar-refractivity contribution in [3.63, 3.8) is 0 Å². The first-order valence-corrected chi connectivity index (χ1v) is 5.57. The zero-order valence-electron chi connectivity index (χ0n) is 7.53. The number of anilines is 1. The molecule has 0 amide bonds. The SMILES string of the molecule is Clc1ccc(CNc2ccccc2)s1. The van der Waals surface area contributed by atoms with Crippen LogP contribution in [0.25, 0.3) is 0 Å². The van der Waals surface area contributed by atoms with Crippen LogP contribution in [0.5, 0.6) is 0 Å². The highest BCUT2D eigenvalue weighted by atomic mass is 35.5. The third kappa shape index (κ3) is 2.50. The summed E-state index contributed by atoms with van der Waals surface area (Å²) >= 11 is 7.44. The Hall–Kier alpha value is -0.990. The molecule has 2 aromatic rings. The number of para-hydroxylation sites is 1. The summed E-state index contributed by atoms with van der Waals surface area (Å²) in [5.74, 6) is 0. The minimum Gasteiger partial charge on any atom is -0.380 e. The fourth-order valence-corrected chi connectivity index (χ4v) is 2.22. The Morgan fingerprint density at radius 2 is 1.86 bits per heavy atom. The first kappa shape index (κ1) is 9.56. The van der Waals surface area contributed by atoms with Gasteiger partial charge in [0, 0.05) is 17.1 Å². The maximum absolute atomic E-state index is 5.83. The fourth-order valence-electron chi connectivity index (χ4n) is 1.19. The molecule has 1 aromatic carbocycles. The quantitative estimate of drug-likeness (QED) is 0.829. The minimum absolute atomic E-state index is 0.835. The molecule has 0 radical (unpaired) electrons. The smallest absolute Gasteiger partial charge is 0.0931 e. The van der Waals surface area contributed by atoms with Crippen LogP contribution in [-0.2, 0) is 6.54 Å². The number of rotatable bonds is 3. The van der Waals surface area contributed by atoms with E-state index in [-0.39, 0.29) is 0 Å². The lowest BCUT2D eigenvalue weighted by molar-refractivity contribution is 1.19. The van der Waals surface area contributed by atoms with Crippen molar-refractivity contribution in [3.05, 3.63) is 51.7 Å². The standard InChI is InChI=1S/C11H10ClNS/c12-11-7-6-10(14-11)8-13-9-4-2-1-3-5-9/h1-7,13H,8H2. The molecule has 0 bridgehead atoms. The Morgan fingerprint density at radius 1 is 1.07 bits per heavy atom. The van der Waals surface area contributed by atoms with E-state index in [0.29, 0.717) is 0 Å². The van der Waals surface area contributed by atoms with Gasteiger partial charge in [0.25, 0.3) is 0 Å². The lowest BCUT2D eigenvalue weighted by Gasteiger charge is -2.03. The average Bonchev–Trinajstić information content (AvgIpc) is 2.63. The largest absolute Gasteiger partial charge is 0.380 e. The number of nitrogens with one attached hydrogen (secondary N) is 1. The molecule has 0 atom stereocenters. The summed E-state index contributed by atoms with van der Waals surface area (Å²) in [5, 5.41) is 3.33.